The van der Waals surface area contributed by atoms with Crippen molar-refractivity contribution in [3.63, 3.8) is 0 Å². The van der Waals surface area contributed by atoms with Crippen LogP contribution in [0.4, 0.5) is 11.4 Å². The van der Waals surface area contributed by atoms with E-state index >= 15 is 0 Å². The molecule has 2 heteroatoms. The monoisotopic (exact) mass is 671 g/mol. The normalized spacial score (nSPS) is 20.3. The second-order valence-corrected chi connectivity index (χ2v) is 14.6. The summed E-state index contributed by atoms with van der Waals surface area (Å²) in [6.07, 6.45) is 24.2. The molecule has 10 rings (SSSR count). The topological polar surface area (TPSA) is 12.5 Å². The number of rotatable bonds is 6. The number of hydrogen-bond acceptors (Lipinski definition) is 2. The van der Waals surface area contributed by atoms with E-state index in [9.17, 15) is 0 Å². The molecule has 0 saturated heterocycles. The van der Waals surface area contributed by atoms with Crippen molar-refractivity contribution < 1.29 is 4.74 Å². The highest BCUT2D eigenvalue weighted by atomic mass is 16.5. The highest BCUT2D eigenvalue weighted by Crippen LogP contribution is 2.46. The number of allylic oxidation sites excluding steroid dienone is 7. The summed E-state index contributed by atoms with van der Waals surface area (Å²) in [5.74, 6) is 1.67. The lowest BCUT2D eigenvalue weighted by Gasteiger charge is -2.36. The minimum absolute atomic E-state index is 0.0967. The van der Waals surface area contributed by atoms with Crippen molar-refractivity contribution in [3.8, 4) is 28.0 Å². The molecule has 0 radical (unpaired) electrons. The van der Waals surface area contributed by atoms with Gasteiger partial charge in [0.05, 0.1) is 0 Å². The van der Waals surface area contributed by atoms with E-state index in [4.69, 9.17) is 4.74 Å². The molecule has 6 aromatic rings. The van der Waals surface area contributed by atoms with Crippen molar-refractivity contribution in [3.05, 3.63) is 187 Å². The van der Waals surface area contributed by atoms with Gasteiger partial charge in [-0.05, 0) is 131 Å². The van der Waals surface area contributed by atoms with Gasteiger partial charge in [0.1, 0.15) is 11.9 Å². The van der Waals surface area contributed by atoms with Crippen molar-refractivity contribution in [2.45, 2.75) is 44.1 Å². The van der Waals surface area contributed by atoms with Crippen LogP contribution in [0.1, 0.15) is 43.6 Å². The third kappa shape index (κ3) is 5.51. The maximum Gasteiger partial charge on any atom is 0.128 e. The second kappa shape index (κ2) is 13.0. The Bertz CT molecular complexity index is 2480. The molecule has 0 spiro atoms. The Hall–Kier alpha value is -5.86. The summed E-state index contributed by atoms with van der Waals surface area (Å²) >= 11 is 0. The molecule has 0 bridgehead atoms. The zero-order chi connectivity index (χ0) is 34.4. The van der Waals surface area contributed by atoms with E-state index < -0.39 is 0 Å². The van der Waals surface area contributed by atoms with Crippen molar-refractivity contribution >= 4 is 32.9 Å². The fraction of sp³-hybridized carbons (Fsp3) is 0.160. The molecule has 3 unspecified atom stereocenters. The van der Waals surface area contributed by atoms with Gasteiger partial charge in [0, 0.05) is 34.5 Å². The van der Waals surface area contributed by atoms with Crippen molar-refractivity contribution in [2.75, 3.05) is 4.90 Å². The van der Waals surface area contributed by atoms with Gasteiger partial charge < -0.3 is 9.64 Å². The van der Waals surface area contributed by atoms with Crippen molar-refractivity contribution in [1.29, 1.82) is 0 Å². The quantitative estimate of drug-likeness (QED) is 0.163. The fourth-order valence-electron chi connectivity index (χ4n) is 8.86. The highest BCUT2D eigenvalue weighted by Gasteiger charge is 2.33. The molecule has 1 aliphatic heterocycles. The summed E-state index contributed by atoms with van der Waals surface area (Å²) in [6.45, 7) is 0. The van der Waals surface area contributed by atoms with Gasteiger partial charge >= 0.3 is 0 Å². The SMILES string of the molecule is C1=CCC(C2=CCCCC2)C(N(c2ccc(-c3ccc4ccccc4c3)cc2)c2ccc(-c3ccc4c5c(ccc4c3)OC3C=CC=CC53)cc2)=C1. The molecule has 3 aliphatic carbocycles. The van der Waals surface area contributed by atoms with Crippen molar-refractivity contribution in [1.82, 2.24) is 0 Å². The van der Waals surface area contributed by atoms with Gasteiger partial charge in [-0.3, -0.25) is 0 Å². The first kappa shape index (κ1) is 30.9. The summed E-state index contributed by atoms with van der Waals surface area (Å²) in [4.78, 5) is 2.50. The lowest BCUT2D eigenvalue weighted by molar-refractivity contribution is 0.269. The first-order chi connectivity index (χ1) is 25.8. The van der Waals surface area contributed by atoms with Crippen molar-refractivity contribution in [2.24, 2.45) is 5.92 Å². The van der Waals surface area contributed by atoms with Crippen LogP contribution in [0.25, 0.3) is 43.8 Å². The van der Waals surface area contributed by atoms with Crippen LogP contribution in [0.3, 0.4) is 0 Å². The first-order valence-corrected chi connectivity index (χ1v) is 18.9. The third-order valence-electron chi connectivity index (χ3n) is 11.5. The van der Waals surface area contributed by atoms with Crippen LogP contribution in [0.5, 0.6) is 5.75 Å². The van der Waals surface area contributed by atoms with Gasteiger partial charge in [-0.15, -0.1) is 0 Å². The van der Waals surface area contributed by atoms with Gasteiger partial charge in [0.2, 0.25) is 0 Å². The van der Waals surface area contributed by atoms with E-state index in [1.54, 1.807) is 5.57 Å². The number of ether oxygens (including phenoxy) is 1. The van der Waals surface area contributed by atoms with Crippen LogP contribution in [0.15, 0.2) is 181 Å². The number of nitrogens with zero attached hydrogens (tertiary/aromatic N) is 1. The van der Waals surface area contributed by atoms with Crippen LogP contribution in [-0.4, -0.2) is 6.10 Å². The van der Waals surface area contributed by atoms with Gasteiger partial charge in [0.15, 0.2) is 0 Å². The molecule has 0 fully saturated rings. The predicted molar refractivity (Wildman–Crippen MR) is 218 cm³/mol. The zero-order valence-electron chi connectivity index (χ0n) is 29.3. The average Bonchev–Trinajstić information content (AvgIpc) is 3.61. The Balaban J connectivity index is 1.01. The third-order valence-corrected chi connectivity index (χ3v) is 11.5. The largest absolute Gasteiger partial charge is 0.485 e. The smallest absolute Gasteiger partial charge is 0.128 e. The van der Waals surface area contributed by atoms with E-state index in [1.165, 1.54) is 92.1 Å². The molecule has 0 saturated carbocycles. The minimum Gasteiger partial charge on any atom is -0.485 e. The zero-order valence-corrected chi connectivity index (χ0v) is 29.3. The summed E-state index contributed by atoms with van der Waals surface area (Å²) in [6, 6.07) is 45.0. The lowest BCUT2D eigenvalue weighted by atomic mass is 9.82. The molecule has 2 nitrogen and oxygen atoms in total. The molecule has 52 heavy (non-hydrogen) atoms. The molecule has 0 amide bonds. The summed E-state index contributed by atoms with van der Waals surface area (Å²) in [5, 5.41) is 5.07. The van der Waals surface area contributed by atoms with E-state index in [1.807, 2.05) is 0 Å². The van der Waals surface area contributed by atoms with E-state index in [0.29, 0.717) is 5.92 Å². The Morgan fingerprint density at radius 1 is 0.596 bits per heavy atom. The Kier molecular flexibility index (Phi) is 7.75. The number of benzene rings is 6. The number of anilines is 2. The molecule has 0 aromatic heterocycles. The minimum atomic E-state index is 0.0967. The molecule has 1 heterocycles. The molecule has 6 aromatic carbocycles. The lowest BCUT2D eigenvalue weighted by Crippen LogP contribution is -2.25. The highest BCUT2D eigenvalue weighted by molar-refractivity contribution is 5.93. The molecule has 252 valence electrons. The van der Waals surface area contributed by atoms with Crippen LogP contribution in [0, 0.1) is 5.92 Å². The van der Waals surface area contributed by atoms with Crippen LogP contribution in [0.2, 0.25) is 0 Å². The fourth-order valence-corrected chi connectivity index (χ4v) is 8.86. The molecule has 0 N–H and O–H groups in total. The number of fused-ring (bicyclic) bond motifs is 6. The van der Waals surface area contributed by atoms with E-state index in [-0.39, 0.29) is 12.0 Å². The molecule has 3 atom stereocenters. The summed E-state index contributed by atoms with van der Waals surface area (Å²) < 4.78 is 6.29. The van der Waals surface area contributed by atoms with Gasteiger partial charge in [-0.2, -0.15) is 0 Å². The van der Waals surface area contributed by atoms with Gasteiger partial charge in [0.25, 0.3) is 0 Å². The number of hydrogen-bond donors (Lipinski definition) is 0. The van der Waals surface area contributed by atoms with Crippen LogP contribution < -0.4 is 9.64 Å². The molecular formula is C50H41NO. The van der Waals surface area contributed by atoms with E-state index in [0.717, 1.165) is 12.2 Å². The average molecular weight is 672 g/mol. The van der Waals surface area contributed by atoms with Crippen LogP contribution >= 0.6 is 0 Å². The summed E-state index contributed by atoms with van der Waals surface area (Å²) in [7, 11) is 0. The Morgan fingerprint density at radius 3 is 2.06 bits per heavy atom. The van der Waals surface area contributed by atoms with Crippen LogP contribution in [-0.2, 0) is 0 Å². The maximum absolute atomic E-state index is 6.29. The second-order valence-electron chi connectivity index (χ2n) is 14.6. The standard InChI is InChI=1S/C50H41NO/c1-2-11-37(12-3-1)44-14-6-8-16-47(44)51(42-26-20-35(21-27-42)39-19-18-34-10-4-5-13-38(34)32-39)43-28-22-36(23-29-43)40-24-30-45-41(33-40)25-31-49-50(45)46-15-7-9-17-48(46)52-49/h4-11,13,15-33,44,46,48H,1-3,12,14H2. The van der Waals surface area contributed by atoms with E-state index in [2.05, 4.69) is 175 Å². The van der Waals surface area contributed by atoms with Gasteiger partial charge in [-0.25, -0.2) is 0 Å². The summed E-state index contributed by atoms with van der Waals surface area (Å²) in [5.41, 5.74) is 11.5. The molecular weight excluding hydrogens is 631 g/mol. The Morgan fingerprint density at radius 2 is 1.29 bits per heavy atom. The van der Waals surface area contributed by atoms with Gasteiger partial charge in [-0.1, -0.05) is 121 Å². The Labute approximate surface area is 306 Å². The maximum atomic E-state index is 6.29. The molecule has 4 aliphatic rings. The predicted octanol–water partition coefficient (Wildman–Crippen LogP) is 13.4. The first-order valence-electron chi connectivity index (χ1n) is 18.9.